The second-order valence-corrected chi connectivity index (χ2v) is 5.81. The van der Waals surface area contributed by atoms with Crippen LogP contribution in [0.15, 0.2) is 31.1 Å². The number of aliphatic hydroxyl groups excluding tert-OH is 1. The average Bonchev–Trinajstić information content (AvgIpc) is 2.47. The Morgan fingerprint density at radius 2 is 2.40 bits per heavy atom. The van der Waals surface area contributed by atoms with E-state index in [2.05, 4.69) is 11.6 Å². The second-order valence-electron chi connectivity index (χ2n) is 5.37. The number of hydrogen-bond donors (Lipinski definition) is 1. The fraction of sp³-hybridized carbons (Fsp3) is 0.467. The monoisotopic (exact) mass is 294 g/mol. The van der Waals surface area contributed by atoms with Gasteiger partial charge >= 0.3 is 0 Å². The number of likely N-dealkylation sites (tertiary alicyclic amines) is 1. The molecular formula is C15H19ClN2O2. The van der Waals surface area contributed by atoms with E-state index in [0.29, 0.717) is 30.1 Å². The summed E-state index contributed by atoms with van der Waals surface area (Å²) in [7, 11) is 0. The summed E-state index contributed by atoms with van der Waals surface area (Å²) < 4.78 is 0. The predicted molar refractivity (Wildman–Crippen MR) is 78.7 cm³/mol. The summed E-state index contributed by atoms with van der Waals surface area (Å²) in [4.78, 5) is 18.2. The number of carbonyl (C=O) groups excluding carboxylic acids is 1. The molecule has 0 spiro atoms. The van der Waals surface area contributed by atoms with Gasteiger partial charge in [-0.05, 0) is 25.3 Å². The van der Waals surface area contributed by atoms with Gasteiger partial charge in [-0.2, -0.15) is 0 Å². The van der Waals surface area contributed by atoms with Crippen LogP contribution in [0.4, 0.5) is 0 Å². The van der Waals surface area contributed by atoms with Crippen LogP contribution in [0.2, 0.25) is 5.02 Å². The first kappa shape index (κ1) is 15.0. The largest absolute Gasteiger partial charge is 0.396 e. The van der Waals surface area contributed by atoms with E-state index in [-0.39, 0.29) is 17.9 Å². The van der Waals surface area contributed by atoms with Crippen LogP contribution in [0.5, 0.6) is 0 Å². The molecule has 0 aliphatic carbocycles. The van der Waals surface area contributed by atoms with Gasteiger partial charge in [0.25, 0.3) is 5.91 Å². The minimum atomic E-state index is -0.262. The van der Waals surface area contributed by atoms with Gasteiger partial charge in [0.15, 0.2) is 0 Å². The first-order valence-corrected chi connectivity index (χ1v) is 7.10. The number of aromatic nitrogens is 1. The first-order chi connectivity index (χ1) is 9.60. The van der Waals surface area contributed by atoms with Crippen LogP contribution in [0.25, 0.3) is 0 Å². The van der Waals surface area contributed by atoms with E-state index in [9.17, 15) is 9.90 Å². The van der Waals surface area contributed by atoms with Crippen molar-refractivity contribution in [2.45, 2.75) is 19.3 Å². The first-order valence-electron chi connectivity index (χ1n) is 6.72. The lowest BCUT2D eigenvalue weighted by molar-refractivity contribution is 0.0285. The van der Waals surface area contributed by atoms with Crippen molar-refractivity contribution in [3.8, 4) is 0 Å². The Labute approximate surface area is 124 Å². The molecule has 5 heteroatoms. The van der Waals surface area contributed by atoms with E-state index < -0.39 is 0 Å². The van der Waals surface area contributed by atoms with Crippen molar-refractivity contribution in [1.29, 1.82) is 0 Å². The van der Waals surface area contributed by atoms with Crippen LogP contribution in [0.1, 0.15) is 29.6 Å². The number of carbonyl (C=O) groups is 1. The summed E-state index contributed by atoms with van der Waals surface area (Å²) >= 11 is 5.87. The van der Waals surface area contributed by atoms with Crippen molar-refractivity contribution in [2.75, 3.05) is 19.7 Å². The lowest BCUT2D eigenvalue weighted by Crippen LogP contribution is -2.47. The summed E-state index contributed by atoms with van der Waals surface area (Å²) in [5.41, 5.74) is 0.228. The van der Waals surface area contributed by atoms with Crippen molar-refractivity contribution < 1.29 is 9.90 Å². The second kappa shape index (κ2) is 6.37. The van der Waals surface area contributed by atoms with Gasteiger partial charge in [-0.15, -0.1) is 6.58 Å². The predicted octanol–water partition coefficient (Wildman–Crippen LogP) is 2.53. The number of rotatable bonds is 4. The highest BCUT2D eigenvalue weighted by Gasteiger charge is 2.36. The smallest absolute Gasteiger partial charge is 0.255 e. The highest BCUT2D eigenvalue weighted by Crippen LogP contribution is 2.34. The average molecular weight is 295 g/mol. The van der Waals surface area contributed by atoms with Crippen LogP contribution in [0.3, 0.4) is 0 Å². The number of pyridine rings is 1. The van der Waals surface area contributed by atoms with Gasteiger partial charge in [0.2, 0.25) is 0 Å². The van der Waals surface area contributed by atoms with Crippen LogP contribution in [0, 0.1) is 5.41 Å². The SMILES string of the molecule is C=CC[C@]1(CO)CCCN(C(=O)c2cncc(Cl)c2)C1. The van der Waals surface area contributed by atoms with E-state index in [4.69, 9.17) is 11.6 Å². The minimum Gasteiger partial charge on any atom is -0.396 e. The van der Waals surface area contributed by atoms with Crippen molar-refractivity contribution >= 4 is 17.5 Å². The lowest BCUT2D eigenvalue weighted by Gasteiger charge is -2.41. The van der Waals surface area contributed by atoms with Gasteiger partial charge in [0.1, 0.15) is 0 Å². The normalized spacial score (nSPS) is 22.6. The molecule has 2 heterocycles. The molecule has 1 aromatic heterocycles. The zero-order valence-corrected chi connectivity index (χ0v) is 12.1. The van der Waals surface area contributed by atoms with E-state index in [1.807, 2.05) is 6.08 Å². The number of nitrogens with zero attached hydrogens (tertiary/aromatic N) is 2. The summed E-state index contributed by atoms with van der Waals surface area (Å²) in [5, 5.41) is 10.1. The van der Waals surface area contributed by atoms with Gasteiger partial charge in [0.05, 0.1) is 17.2 Å². The fourth-order valence-corrected chi connectivity index (χ4v) is 2.93. The molecule has 1 saturated heterocycles. The molecule has 2 rings (SSSR count). The molecule has 0 unspecified atom stereocenters. The lowest BCUT2D eigenvalue weighted by atomic mass is 9.77. The Kier molecular flexibility index (Phi) is 4.78. The molecule has 1 N–H and O–H groups in total. The molecule has 4 nitrogen and oxygen atoms in total. The molecule has 0 bridgehead atoms. The zero-order chi connectivity index (χ0) is 14.6. The van der Waals surface area contributed by atoms with E-state index in [1.54, 1.807) is 11.0 Å². The van der Waals surface area contributed by atoms with Crippen LogP contribution < -0.4 is 0 Å². The fourth-order valence-electron chi connectivity index (χ4n) is 2.76. The van der Waals surface area contributed by atoms with Crippen LogP contribution in [-0.2, 0) is 0 Å². The Bertz CT molecular complexity index is 506. The quantitative estimate of drug-likeness (QED) is 0.868. The molecule has 0 radical (unpaired) electrons. The molecule has 1 aromatic rings. The molecule has 20 heavy (non-hydrogen) atoms. The molecule has 1 aliphatic rings. The van der Waals surface area contributed by atoms with E-state index >= 15 is 0 Å². The minimum absolute atomic E-state index is 0.0661. The van der Waals surface area contributed by atoms with Crippen LogP contribution >= 0.6 is 11.6 Å². The molecule has 0 saturated carbocycles. The Hall–Kier alpha value is -1.39. The van der Waals surface area contributed by atoms with Gasteiger partial charge in [-0.25, -0.2) is 0 Å². The van der Waals surface area contributed by atoms with Crippen molar-refractivity contribution in [1.82, 2.24) is 9.88 Å². The molecule has 108 valence electrons. The van der Waals surface area contributed by atoms with Gasteiger partial charge < -0.3 is 10.0 Å². The van der Waals surface area contributed by atoms with E-state index in [0.717, 1.165) is 12.8 Å². The van der Waals surface area contributed by atoms with Crippen LogP contribution in [-0.4, -0.2) is 40.6 Å². The third-order valence-electron chi connectivity index (χ3n) is 3.81. The number of allylic oxidation sites excluding steroid dienone is 1. The van der Waals surface area contributed by atoms with Crippen molar-refractivity contribution in [2.24, 2.45) is 5.41 Å². The van der Waals surface area contributed by atoms with Gasteiger partial charge in [-0.3, -0.25) is 9.78 Å². The van der Waals surface area contributed by atoms with E-state index in [1.165, 1.54) is 12.4 Å². The summed E-state index contributed by atoms with van der Waals surface area (Å²) in [6.07, 6.45) is 7.34. The summed E-state index contributed by atoms with van der Waals surface area (Å²) in [6, 6.07) is 1.62. The maximum Gasteiger partial charge on any atom is 0.255 e. The number of aliphatic hydroxyl groups is 1. The Morgan fingerprint density at radius 3 is 3.05 bits per heavy atom. The Morgan fingerprint density at radius 1 is 1.60 bits per heavy atom. The third kappa shape index (κ3) is 3.19. The maximum absolute atomic E-state index is 12.5. The van der Waals surface area contributed by atoms with Crippen molar-refractivity contribution in [3.05, 3.63) is 41.7 Å². The van der Waals surface area contributed by atoms with Gasteiger partial charge in [-0.1, -0.05) is 17.7 Å². The number of piperidine rings is 1. The Balaban J connectivity index is 2.16. The molecule has 0 aromatic carbocycles. The number of amides is 1. The third-order valence-corrected chi connectivity index (χ3v) is 4.02. The maximum atomic E-state index is 12.5. The number of halogens is 1. The molecule has 1 aliphatic heterocycles. The summed E-state index contributed by atoms with van der Waals surface area (Å²) in [6.45, 7) is 5.05. The standard InChI is InChI=1S/C15H19ClN2O2/c1-2-4-15(11-19)5-3-6-18(10-15)14(20)12-7-13(16)9-17-8-12/h2,7-9,19H,1,3-6,10-11H2/t15-/m0/s1. The van der Waals surface area contributed by atoms with Crippen molar-refractivity contribution in [3.63, 3.8) is 0 Å². The zero-order valence-electron chi connectivity index (χ0n) is 11.4. The highest BCUT2D eigenvalue weighted by molar-refractivity contribution is 6.30. The molecule has 1 amide bonds. The molecule has 1 fully saturated rings. The number of hydrogen-bond acceptors (Lipinski definition) is 3. The van der Waals surface area contributed by atoms with Gasteiger partial charge in [0, 0.05) is 30.9 Å². The topological polar surface area (TPSA) is 53.4 Å². The molecule has 1 atom stereocenters. The molecular weight excluding hydrogens is 276 g/mol. The summed E-state index contributed by atoms with van der Waals surface area (Å²) in [5.74, 6) is -0.0819. The highest BCUT2D eigenvalue weighted by atomic mass is 35.5.